The lowest BCUT2D eigenvalue weighted by atomic mass is 10.0. The van der Waals surface area contributed by atoms with E-state index in [1.165, 1.54) is 12.8 Å². The summed E-state index contributed by atoms with van der Waals surface area (Å²) in [4.78, 5) is 2.52. The van der Waals surface area contributed by atoms with E-state index < -0.39 is 0 Å². The molecule has 1 saturated heterocycles. The summed E-state index contributed by atoms with van der Waals surface area (Å²) in [6.45, 7) is 14.3. The minimum absolute atomic E-state index is 0.179. The smallest absolute Gasteiger partial charge is 0.100 e. The maximum absolute atomic E-state index is 6.04. The third-order valence-electron chi connectivity index (χ3n) is 3.84. The van der Waals surface area contributed by atoms with Crippen molar-refractivity contribution in [1.82, 2.24) is 10.2 Å². The van der Waals surface area contributed by atoms with Crippen LogP contribution < -0.4 is 5.32 Å². The van der Waals surface area contributed by atoms with Crippen LogP contribution in [0.25, 0.3) is 0 Å². The molecule has 0 bridgehead atoms. The first-order valence-corrected chi connectivity index (χ1v) is 6.84. The Morgan fingerprint density at radius 2 is 1.71 bits per heavy atom. The molecule has 1 aliphatic carbocycles. The second-order valence-electron chi connectivity index (χ2n) is 7.55. The summed E-state index contributed by atoms with van der Waals surface area (Å²) in [5.74, 6) is 0. The summed E-state index contributed by atoms with van der Waals surface area (Å²) in [6, 6.07) is 1.13. The Hall–Kier alpha value is -0.120. The van der Waals surface area contributed by atoms with Gasteiger partial charge in [-0.3, -0.25) is 4.90 Å². The molecule has 2 aliphatic rings. The molecule has 3 unspecified atom stereocenters. The fourth-order valence-corrected chi connectivity index (χ4v) is 3.17. The molecule has 0 aromatic carbocycles. The van der Waals surface area contributed by atoms with Crippen LogP contribution in [0.5, 0.6) is 0 Å². The molecule has 2 rings (SSSR count). The van der Waals surface area contributed by atoms with Gasteiger partial charge in [-0.1, -0.05) is 0 Å². The van der Waals surface area contributed by atoms with Crippen LogP contribution in [-0.4, -0.2) is 40.9 Å². The van der Waals surface area contributed by atoms with Crippen molar-refractivity contribution in [3.05, 3.63) is 0 Å². The van der Waals surface area contributed by atoms with Crippen molar-refractivity contribution in [2.75, 3.05) is 6.73 Å². The second kappa shape index (κ2) is 4.22. The van der Waals surface area contributed by atoms with Crippen molar-refractivity contribution in [3.8, 4) is 0 Å². The van der Waals surface area contributed by atoms with E-state index in [9.17, 15) is 0 Å². The third-order valence-corrected chi connectivity index (χ3v) is 3.84. The van der Waals surface area contributed by atoms with Gasteiger partial charge in [-0.25, -0.2) is 0 Å². The molecule has 17 heavy (non-hydrogen) atoms. The van der Waals surface area contributed by atoms with Crippen LogP contribution >= 0.6 is 0 Å². The summed E-state index contributed by atoms with van der Waals surface area (Å²) in [7, 11) is 0. The molecule has 3 nitrogen and oxygen atoms in total. The van der Waals surface area contributed by atoms with Crippen molar-refractivity contribution in [1.29, 1.82) is 0 Å². The van der Waals surface area contributed by atoms with Gasteiger partial charge in [-0.05, 0) is 54.4 Å². The molecule has 0 aromatic heterocycles. The van der Waals surface area contributed by atoms with Gasteiger partial charge in [-0.15, -0.1) is 0 Å². The highest BCUT2D eigenvalue weighted by Crippen LogP contribution is 2.37. The fraction of sp³-hybridized carbons (Fsp3) is 1.00. The summed E-state index contributed by atoms with van der Waals surface area (Å²) < 4.78 is 6.04. The quantitative estimate of drug-likeness (QED) is 0.761. The molecule has 0 radical (unpaired) electrons. The molecule has 1 N–H and O–H groups in total. The van der Waals surface area contributed by atoms with Crippen molar-refractivity contribution in [3.63, 3.8) is 0 Å². The van der Waals surface area contributed by atoms with Crippen molar-refractivity contribution in [2.45, 2.75) is 83.6 Å². The van der Waals surface area contributed by atoms with Crippen molar-refractivity contribution < 1.29 is 4.74 Å². The molecule has 100 valence electrons. The Balaban J connectivity index is 2.02. The number of nitrogens with zero attached hydrogens (tertiary/aromatic N) is 1. The fourth-order valence-electron chi connectivity index (χ4n) is 3.17. The number of fused-ring (bicyclic) bond motifs is 1. The van der Waals surface area contributed by atoms with Gasteiger partial charge in [0.05, 0.1) is 6.10 Å². The van der Waals surface area contributed by atoms with Gasteiger partial charge in [0.2, 0.25) is 0 Å². The van der Waals surface area contributed by atoms with Gasteiger partial charge in [-0.2, -0.15) is 0 Å². The summed E-state index contributed by atoms with van der Waals surface area (Å²) in [5, 5.41) is 3.71. The van der Waals surface area contributed by atoms with Gasteiger partial charge >= 0.3 is 0 Å². The lowest BCUT2D eigenvalue weighted by molar-refractivity contribution is 0.0391. The summed E-state index contributed by atoms with van der Waals surface area (Å²) >= 11 is 0. The maximum Gasteiger partial charge on any atom is 0.100 e. The van der Waals surface area contributed by atoms with E-state index in [2.05, 4.69) is 51.8 Å². The first-order valence-electron chi connectivity index (χ1n) is 6.84. The van der Waals surface area contributed by atoms with Gasteiger partial charge in [0.15, 0.2) is 0 Å². The minimum Gasteiger partial charge on any atom is -0.360 e. The van der Waals surface area contributed by atoms with Crippen molar-refractivity contribution in [2.24, 2.45) is 0 Å². The summed E-state index contributed by atoms with van der Waals surface area (Å²) in [5.41, 5.74) is 0.397. The van der Waals surface area contributed by atoms with Crippen LogP contribution in [0.4, 0.5) is 0 Å². The topological polar surface area (TPSA) is 24.5 Å². The predicted molar refractivity (Wildman–Crippen MR) is 71.0 cm³/mol. The van der Waals surface area contributed by atoms with Crippen LogP contribution in [0.3, 0.4) is 0 Å². The molecule has 1 aliphatic heterocycles. The van der Waals surface area contributed by atoms with Crippen LogP contribution in [-0.2, 0) is 4.74 Å². The Labute approximate surface area is 106 Å². The van der Waals surface area contributed by atoms with E-state index in [0.717, 1.165) is 6.73 Å². The van der Waals surface area contributed by atoms with Crippen LogP contribution in [0.2, 0.25) is 0 Å². The van der Waals surface area contributed by atoms with Gasteiger partial charge < -0.3 is 10.1 Å². The first kappa shape index (κ1) is 13.3. The number of hydrogen-bond donors (Lipinski definition) is 1. The van der Waals surface area contributed by atoms with E-state index in [-0.39, 0.29) is 11.1 Å². The molecule has 1 saturated carbocycles. The Bertz CT molecular complexity index is 277. The minimum atomic E-state index is 0.179. The zero-order valence-corrected chi connectivity index (χ0v) is 12.2. The molecule has 3 atom stereocenters. The van der Waals surface area contributed by atoms with Crippen LogP contribution in [0, 0.1) is 0 Å². The predicted octanol–water partition coefficient (Wildman–Crippen LogP) is 2.36. The zero-order valence-electron chi connectivity index (χ0n) is 12.2. The average Bonchev–Trinajstić information content (AvgIpc) is 2.63. The van der Waals surface area contributed by atoms with E-state index in [1.807, 2.05) is 0 Å². The highest BCUT2D eigenvalue weighted by molar-refractivity contribution is 5.03. The maximum atomic E-state index is 6.04. The van der Waals surface area contributed by atoms with E-state index in [0.29, 0.717) is 18.2 Å². The first-order chi connectivity index (χ1) is 7.68. The van der Waals surface area contributed by atoms with E-state index >= 15 is 0 Å². The third kappa shape index (κ3) is 2.83. The van der Waals surface area contributed by atoms with Gasteiger partial charge in [0.25, 0.3) is 0 Å². The average molecular weight is 240 g/mol. The molecule has 0 spiro atoms. The Morgan fingerprint density at radius 1 is 1.06 bits per heavy atom. The molecule has 1 heterocycles. The second-order valence-corrected chi connectivity index (χ2v) is 7.55. The molecule has 0 amide bonds. The monoisotopic (exact) mass is 240 g/mol. The molecular formula is C14H28N2O. The zero-order chi connectivity index (χ0) is 12.8. The molecule has 0 aromatic rings. The number of rotatable bonds is 1. The normalized spacial score (nSPS) is 35.3. The Kier molecular flexibility index (Phi) is 3.30. The lowest BCUT2D eigenvalue weighted by Gasteiger charge is -2.35. The number of nitrogens with one attached hydrogen (secondary N) is 1. The number of hydrogen-bond acceptors (Lipinski definition) is 3. The Morgan fingerprint density at radius 3 is 2.24 bits per heavy atom. The van der Waals surface area contributed by atoms with E-state index in [4.69, 9.17) is 4.74 Å². The SMILES string of the molecule is CC(C)(C)NC1CCC2C1OCN2C(C)(C)C. The largest absolute Gasteiger partial charge is 0.360 e. The van der Waals surface area contributed by atoms with Gasteiger partial charge in [0.1, 0.15) is 6.73 Å². The van der Waals surface area contributed by atoms with E-state index in [1.54, 1.807) is 0 Å². The van der Waals surface area contributed by atoms with Gasteiger partial charge in [0, 0.05) is 23.2 Å². The number of ether oxygens (including phenoxy) is 1. The van der Waals surface area contributed by atoms with Crippen LogP contribution in [0.1, 0.15) is 54.4 Å². The van der Waals surface area contributed by atoms with Crippen molar-refractivity contribution >= 4 is 0 Å². The molecule has 3 heteroatoms. The molecule has 2 fully saturated rings. The van der Waals surface area contributed by atoms with Crippen LogP contribution in [0.15, 0.2) is 0 Å². The summed E-state index contributed by atoms with van der Waals surface area (Å²) in [6.07, 6.45) is 2.88. The lowest BCUT2D eigenvalue weighted by Crippen LogP contribution is -2.50. The standard InChI is InChI=1S/C14H28N2O/c1-13(2,3)15-10-7-8-11-12(10)17-9-16(11)14(4,5)6/h10-12,15H,7-9H2,1-6H3. The highest BCUT2D eigenvalue weighted by atomic mass is 16.5. The highest BCUT2D eigenvalue weighted by Gasteiger charge is 2.48. The molecular weight excluding hydrogens is 212 g/mol.